The summed E-state index contributed by atoms with van der Waals surface area (Å²) in [5.41, 5.74) is 4.59. The van der Waals surface area contributed by atoms with Crippen molar-refractivity contribution in [3.05, 3.63) is 81.4 Å². The number of aryl methyl sites for hydroxylation is 1. The number of anilines is 1. The topological polar surface area (TPSA) is 64.1 Å². The number of nitrogens with one attached hydrogen (secondary N) is 1. The second-order valence-electron chi connectivity index (χ2n) is 6.18. The quantitative estimate of drug-likeness (QED) is 0.440. The van der Waals surface area contributed by atoms with E-state index in [4.69, 9.17) is 4.74 Å². The molecule has 1 amide bonds. The van der Waals surface area contributed by atoms with Crippen LogP contribution in [0.2, 0.25) is 0 Å². The third-order valence-corrected chi connectivity index (χ3v) is 5.62. The number of amides is 1. The zero-order valence-corrected chi connectivity index (χ0v) is 17.0. The molecule has 0 aliphatic heterocycles. The highest BCUT2D eigenvalue weighted by molar-refractivity contribution is 7.16. The smallest absolute Gasteiger partial charge is 0.257 e. The molecule has 146 valence electrons. The van der Waals surface area contributed by atoms with Crippen molar-refractivity contribution in [2.24, 2.45) is 0 Å². The van der Waals surface area contributed by atoms with Gasteiger partial charge in [0, 0.05) is 21.4 Å². The van der Waals surface area contributed by atoms with Gasteiger partial charge in [-0.15, -0.1) is 22.7 Å². The largest absolute Gasteiger partial charge is 0.487 e. The van der Waals surface area contributed by atoms with Crippen LogP contribution in [0, 0.1) is 12.7 Å². The summed E-state index contributed by atoms with van der Waals surface area (Å²) in [5.74, 6) is 0.0172. The van der Waals surface area contributed by atoms with Crippen LogP contribution < -0.4 is 10.1 Å². The summed E-state index contributed by atoms with van der Waals surface area (Å²) in [4.78, 5) is 22.2. The summed E-state index contributed by atoms with van der Waals surface area (Å²) >= 11 is 2.88. The number of rotatable bonds is 6. The van der Waals surface area contributed by atoms with E-state index in [2.05, 4.69) is 15.3 Å². The highest BCUT2D eigenvalue weighted by Crippen LogP contribution is 2.30. The second kappa shape index (κ2) is 8.50. The predicted molar refractivity (Wildman–Crippen MR) is 113 cm³/mol. The molecule has 2 aromatic heterocycles. The first-order valence-electron chi connectivity index (χ1n) is 8.73. The van der Waals surface area contributed by atoms with Crippen LogP contribution in [-0.2, 0) is 6.61 Å². The molecule has 0 aliphatic rings. The van der Waals surface area contributed by atoms with Crippen LogP contribution >= 0.6 is 22.7 Å². The maximum Gasteiger partial charge on any atom is 0.257 e. The number of benzene rings is 2. The summed E-state index contributed by atoms with van der Waals surface area (Å²) in [6.45, 7) is 2.26. The minimum absolute atomic E-state index is 0.275. The van der Waals surface area contributed by atoms with Gasteiger partial charge in [0.2, 0.25) is 0 Å². The lowest BCUT2D eigenvalue weighted by Crippen LogP contribution is -2.11. The van der Waals surface area contributed by atoms with Crippen LogP contribution in [0.15, 0.2) is 59.4 Å². The lowest BCUT2D eigenvalue weighted by atomic mass is 10.1. The Bertz CT molecular complexity index is 1130. The molecule has 0 bridgehead atoms. The Balaban J connectivity index is 1.46. The third-order valence-electron chi connectivity index (χ3n) is 4.10. The molecule has 0 saturated heterocycles. The molecule has 0 unspecified atom stereocenters. The van der Waals surface area contributed by atoms with Crippen molar-refractivity contribution in [3.63, 3.8) is 0 Å². The fourth-order valence-corrected chi connectivity index (χ4v) is 4.06. The van der Waals surface area contributed by atoms with Gasteiger partial charge in [0.15, 0.2) is 5.13 Å². The molecular formula is C21H16FN3O2S2. The van der Waals surface area contributed by atoms with Gasteiger partial charge < -0.3 is 4.74 Å². The van der Waals surface area contributed by atoms with E-state index in [1.165, 1.54) is 34.8 Å². The number of carbonyl (C=O) groups is 1. The summed E-state index contributed by atoms with van der Waals surface area (Å²) in [7, 11) is 0. The van der Waals surface area contributed by atoms with Gasteiger partial charge in [0.1, 0.15) is 18.2 Å². The zero-order chi connectivity index (χ0) is 20.2. The Morgan fingerprint density at radius 1 is 1.21 bits per heavy atom. The summed E-state index contributed by atoms with van der Waals surface area (Å²) < 4.78 is 18.8. The lowest BCUT2D eigenvalue weighted by molar-refractivity contribution is 0.102. The van der Waals surface area contributed by atoms with E-state index >= 15 is 0 Å². The fraction of sp³-hybridized carbons (Fsp3) is 0.0952. The molecule has 1 N–H and O–H groups in total. The van der Waals surface area contributed by atoms with Crippen LogP contribution in [0.5, 0.6) is 5.75 Å². The minimum atomic E-state index is -0.299. The van der Waals surface area contributed by atoms with E-state index in [0.717, 1.165) is 21.8 Å². The number of nitrogens with zero attached hydrogens (tertiary/aromatic N) is 2. The van der Waals surface area contributed by atoms with Crippen molar-refractivity contribution in [1.29, 1.82) is 0 Å². The normalized spacial score (nSPS) is 10.7. The first-order chi connectivity index (χ1) is 14.1. The Hall–Kier alpha value is -3.10. The van der Waals surface area contributed by atoms with Gasteiger partial charge in [-0.2, -0.15) is 0 Å². The van der Waals surface area contributed by atoms with E-state index < -0.39 is 0 Å². The summed E-state index contributed by atoms with van der Waals surface area (Å²) in [6, 6.07) is 13.1. The van der Waals surface area contributed by atoms with Gasteiger partial charge in [0.05, 0.1) is 16.9 Å². The van der Waals surface area contributed by atoms with Crippen LogP contribution in [0.4, 0.5) is 9.52 Å². The van der Waals surface area contributed by atoms with Gasteiger partial charge in [0.25, 0.3) is 5.91 Å². The number of halogens is 1. The highest BCUT2D eigenvalue weighted by atomic mass is 32.1. The fourth-order valence-electron chi connectivity index (χ4n) is 2.69. The molecule has 8 heteroatoms. The molecular weight excluding hydrogens is 409 g/mol. The molecule has 0 spiro atoms. The van der Waals surface area contributed by atoms with Crippen molar-refractivity contribution < 1.29 is 13.9 Å². The summed E-state index contributed by atoms with van der Waals surface area (Å²) in [6.07, 6.45) is 0. The molecule has 29 heavy (non-hydrogen) atoms. The van der Waals surface area contributed by atoms with Crippen molar-refractivity contribution in [2.75, 3.05) is 5.32 Å². The Morgan fingerprint density at radius 2 is 2.03 bits per heavy atom. The Kier molecular flexibility index (Phi) is 5.64. The average Bonchev–Trinajstić information content (AvgIpc) is 3.37. The standard InChI is InChI=1S/C21H16FN3O2S2/c1-13-19(14-5-7-16(22)8-6-14)24-21(29-13)25-20(26)15-3-2-4-18(9-15)27-10-17-11-28-12-23-17/h2-9,11-12H,10H2,1H3,(H,24,25,26). The van der Waals surface area contributed by atoms with E-state index in [0.29, 0.717) is 23.1 Å². The SMILES string of the molecule is Cc1sc(NC(=O)c2cccc(OCc3cscn3)c2)nc1-c1ccc(F)cc1. The summed E-state index contributed by atoms with van der Waals surface area (Å²) in [5, 5.41) is 5.23. The molecule has 4 aromatic rings. The van der Waals surface area contributed by atoms with E-state index in [9.17, 15) is 9.18 Å². The molecule has 2 aromatic carbocycles. The maximum atomic E-state index is 13.1. The maximum absolute atomic E-state index is 13.1. The number of hydrogen-bond acceptors (Lipinski definition) is 6. The van der Waals surface area contributed by atoms with Gasteiger partial charge in [-0.05, 0) is 49.4 Å². The zero-order valence-electron chi connectivity index (χ0n) is 15.4. The van der Waals surface area contributed by atoms with Crippen molar-refractivity contribution in [1.82, 2.24) is 9.97 Å². The first-order valence-corrected chi connectivity index (χ1v) is 10.5. The van der Waals surface area contributed by atoms with Crippen LogP contribution in [0.1, 0.15) is 20.9 Å². The van der Waals surface area contributed by atoms with Crippen LogP contribution in [-0.4, -0.2) is 15.9 Å². The number of hydrogen-bond donors (Lipinski definition) is 1. The second-order valence-corrected chi connectivity index (χ2v) is 8.10. The Morgan fingerprint density at radius 3 is 2.79 bits per heavy atom. The molecule has 2 heterocycles. The molecule has 0 atom stereocenters. The van der Waals surface area contributed by atoms with E-state index in [1.54, 1.807) is 41.9 Å². The number of ether oxygens (including phenoxy) is 1. The van der Waals surface area contributed by atoms with Crippen LogP contribution in [0.3, 0.4) is 0 Å². The molecule has 0 radical (unpaired) electrons. The number of thiazole rings is 2. The van der Waals surface area contributed by atoms with E-state index in [-0.39, 0.29) is 11.7 Å². The molecule has 0 fully saturated rings. The van der Waals surface area contributed by atoms with E-state index in [1.807, 2.05) is 12.3 Å². The molecule has 5 nitrogen and oxygen atoms in total. The molecule has 0 saturated carbocycles. The molecule has 4 rings (SSSR count). The average molecular weight is 426 g/mol. The lowest BCUT2D eigenvalue weighted by Gasteiger charge is -2.07. The van der Waals surface area contributed by atoms with Crippen molar-refractivity contribution in [3.8, 4) is 17.0 Å². The van der Waals surface area contributed by atoms with Gasteiger partial charge in [-0.25, -0.2) is 14.4 Å². The number of carbonyl (C=O) groups excluding carboxylic acids is 1. The van der Waals surface area contributed by atoms with Crippen molar-refractivity contribution >= 4 is 33.7 Å². The molecule has 0 aliphatic carbocycles. The minimum Gasteiger partial charge on any atom is -0.487 e. The Labute approximate surface area is 174 Å². The van der Waals surface area contributed by atoms with Gasteiger partial charge in [-0.3, -0.25) is 10.1 Å². The first kappa shape index (κ1) is 19.2. The highest BCUT2D eigenvalue weighted by Gasteiger charge is 2.14. The third kappa shape index (κ3) is 4.67. The van der Waals surface area contributed by atoms with Crippen molar-refractivity contribution in [2.45, 2.75) is 13.5 Å². The monoisotopic (exact) mass is 425 g/mol. The van der Waals surface area contributed by atoms with Gasteiger partial charge >= 0.3 is 0 Å². The van der Waals surface area contributed by atoms with Gasteiger partial charge in [-0.1, -0.05) is 6.07 Å². The van der Waals surface area contributed by atoms with Crippen LogP contribution in [0.25, 0.3) is 11.3 Å². The predicted octanol–water partition coefficient (Wildman–Crippen LogP) is 5.55. The number of aromatic nitrogens is 2.